The zero-order chi connectivity index (χ0) is 13.8. The van der Waals surface area contributed by atoms with Crippen LogP contribution >= 0.6 is 0 Å². The van der Waals surface area contributed by atoms with E-state index in [2.05, 4.69) is 9.97 Å². The Bertz CT molecular complexity index is 705. The summed E-state index contributed by atoms with van der Waals surface area (Å²) in [4.78, 5) is 8.61. The predicted octanol–water partition coefficient (Wildman–Crippen LogP) is 2.92. The van der Waals surface area contributed by atoms with Crippen molar-refractivity contribution in [3.8, 4) is 11.6 Å². The Labute approximate surface area is 117 Å². The third kappa shape index (κ3) is 2.60. The quantitative estimate of drug-likeness (QED) is 0.788. The molecule has 0 atom stereocenters. The maximum absolute atomic E-state index is 5.84. The average Bonchev–Trinajstić information content (AvgIpc) is 2.50. The lowest BCUT2D eigenvalue weighted by Crippen LogP contribution is -2.02. The van der Waals surface area contributed by atoms with Crippen molar-refractivity contribution in [2.75, 3.05) is 6.54 Å². The van der Waals surface area contributed by atoms with Crippen molar-refractivity contribution in [2.45, 2.75) is 6.42 Å². The van der Waals surface area contributed by atoms with Crippen LogP contribution in [0.5, 0.6) is 11.6 Å². The lowest BCUT2D eigenvalue weighted by Gasteiger charge is -2.08. The van der Waals surface area contributed by atoms with Crippen LogP contribution in [0.2, 0.25) is 0 Å². The van der Waals surface area contributed by atoms with Gasteiger partial charge in [-0.2, -0.15) is 0 Å². The minimum atomic E-state index is 0.571. The van der Waals surface area contributed by atoms with E-state index >= 15 is 0 Å². The van der Waals surface area contributed by atoms with Gasteiger partial charge in [-0.15, -0.1) is 0 Å². The molecule has 2 heterocycles. The van der Waals surface area contributed by atoms with Crippen molar-refractivity contribution in [1.82, 2.24) is 9.97 Å². The first-order chi connectivity index (χ1) is 9.86. The summed E-state index contributed by atoms with van der Waals surface area (Å²) in [5, 5.41) is 0.975. The number of ether oxygens (including phenoxy) is 1. The molecular weight excluding hydrogens is 250 g/mol. The highest BCUT2D eigenvalue weighted by molar-refractivity contribution is 5.85. The lowest BCUT2D eigenvalue weighted by molar-refractivity contribution is 0.467. The molecule has 1 aromatic carbocycles. The van der Waals surface area contributed by atoms with Crippen LogP contribution in [-0.2, 0) is 6.42 Å². The molecule has 0 radical (unpaired) electrons. The van der Waals surface area contributed by atoms with Gasteiger partial charge in [0.1, 0.15) is 5.75 Å². The Balaban J connectivity index is 1.89. The molecule has 0 fully saturated rings. The molecule has 2 aromatic heterocycles. The van der Waals surface area contributed by atoms with Crippen LogP contribution in [0.1, 0.15) is 5.56 Å². The fraction of sp³-hybridized carbons (Fsp3) is 0.125. The van der Waals surface area contributed by atoms with Gasteiger partial charge in [-0.25, -0.2) is 4.98 Å². The summed E-state index contributed by atoms with van der Waals surface area (Å²) in [6.07, 6.45) is 4.39. The Morgan fingerprint density at radius 3 is 2.75 bits per heavy atom. The molecule has 0 saturated heterocycles. The standard InChI is InChI=1S/C16H15N3O/c17-9-8-12-6-7-16(19-11-12)20-15-5-1-4-14-13(15)3-2-10-18-14/h1-7,10-11H,8-9,17H2. The van der Waals surface area contributed by atoms with Gasteiger partial charge < -0.3 is 10.5 Å². The summed E-state index contributed by atoms with van der Waals surface area (Å²) in [6, 6.07) is 13.5. The number of aromatic nitrogens is 2. The third-order valence-electron chi connectivity index (χ3n) is 3.05. The molecule has 0 aliphatic carbocycles. The van der Waals surface area contributed by atoms with E-state index in [4.69, 9.17) is 10.5 Å². The summed E-state index contributed by atoms with van der Waals surface area (Å²) in [5.74, 6) is 1.33. The van der Waals surface area contributed by atoms with Crippen molar-refractivity contribution in [1.29, 1.82) is 0 Å². The molecule has 0 amide bonds. The fourth-order valence-corrected chi connectivity index (χ4v) is 2.06. The number of rotatable bonds is 4. The summed E-state index contributed by atoms with van der Waals surface area (Å²) < 4.78 is 5.84. The van der Waals surface area contributed by atoms with Crippen LogP contribution in [0.25, 0.3) is 10.9 Å². The molecule has 0 bridgehead atoms. The maximum atomic E-state index is 5.84. The van der Waals surface area contributed by atoms with Gasteiger partial charge in [-0.05, 0) is 42.8 Å². The summed E-state index contributed by atoms with van der Waals surface area (Å²) in [5.41, 5.74) is 7.54. The number of benzene rings is 1. The molecule has 0 aliphatic rings. The second kappa shape index (κ2) is 5.67. The number of hydrogen-bond acceptors (Lipinski definition) is 4. The van der Waals surface area contributed by atoms with Crippen LogP contribution in [0.4, 0.5) is 0 Å². The first-order valence-electron chi connectivity index (χ1n) is 6.53. The summed E-state index contributed by atoms with van der Waals surface area (Å²) in [7, 11) is 0. The average molecular weight is 265 g/mol. The van der Waals surface area contributed by atoms with Gasteiger partial charge in [0.25, 0.3) is 0 Å². The van der Waals surface area contributed by atoms with Gasteiger partial charge >= 0.3 is 0 Å². The lowest BCUT2D eigenvalue weighted by atomic mass is 10.2. The van der Waals surface area contributed by atoms with Crippen molar-refractivity contribution >= 4 is 10.9 Å². The zero-order valence-electron chi connectivity index (χ0n) is 11.0. The normalized spacial score (nSPS) is 10.7. The van der Waals surface area contributed by atoms with E-state index in [1.165, 1.54) is 0 Å². The van der Waals surface area contributed by atoms with Crippen LogP contribution in [0.15, 0.2) is 54.9 Å². The van der Waals surface area contributed by atoms with E-state index in [9.17, 15) is 0 Å². The molecular formula is C16H15N3O. The molecule has 2 N–H and O–H groups in total. The molecule has 20 heavy (non-hydrogen) atoms. The molecule has 4 heteroatoms. The van der Waals surface area contributed by atoms with Gasteiger partial charge in [0, 0.05) is 23.8 Å². The Morgan fingerprint density at radius 2 is 1.95 bits per heavy atom. The van der Waals surface area contributed by atoms with E-state index in [1.807, 2.05) is 42.5 Å². The van der Waals surface area contributed by atoms with Gasteiger partial charge in [0.15, 0.2) is 0 Å². The first-order valence-corrected chi connectivity index (χ1v) is 6.53. The minimum Gasteiger partial charge on any atom is -0.438 e. The van der Waals surface area contributed by atoms with E-state index in [0.717, 1.165) is 28.6 Å². The van der Waals surface area contributed by atoms with Gasteiger partial charge in [0.2, 0.25) is 5.88 Å². The first kappa shape index (κ1) is 12.6. The minimum absolute atomic E-state index is 0.571. The molecule has 0 aliphatic heterocycles. The Hall–Kier alpha value is -2.46. The Kier molecular flexibility index (Phi) is 3.56. The fourth-order valence-electron chi connectivity index (χ4n) is 2.06. The van der Waals surface area contributed by atoms with Gasteiger partial charge in [-0.1, -0.05) is 12.1 Å². The van der Waals surface area contributed by atoms with Gasteiger partial charge in [-0.3, -0.25) is 4.98 Å². The SMILES string of the molecule is NCCc1ccc(Oc2cccc3ncccc23)nc1. The summed E-state index contributed by atoms with van der Waals surface area (Å²) in [6.45, 7) is 0.622. The molecule has 3 aromatic rings. The van der Waals surface area contributed by atoms with Crippen molar-refractivity contribution in [3.05, 3.63) is 60.4 Å². The number of pyridine rings is 2. The predicted molar refractivity (Wildman–Crippen MR) is 78.8 cm³/mol. The van der Waals surface area contributed by atoms with Crippen molar-refractivity contribution in [3.63, 3.8) is 0 Å². The van der Waals surface area contributed by atoms with Crippen LogP contribution in [0, 0.1) is 0 Å². The molecule has 0 unspecified atom stereocenters. The second-order valence-corrected chi connectivity index (χ2v) is 4.47. The highest BCUT2D eigenvalue weighted by atomic mass is 16.5. The Morgan fingerprint density at radius 1 is 1.00 bits per heavy atom. The molecule has 100 valence electrons. The molecule has 4 nitrogen and oxygen atoms in total. The molecule has 3 rings (SSSR count). The second-order valence-electron chi connectivity index (χ2n) is 4.47. The summed E-state index contributed by atoms with van der Waals surface area (Å²) >= 11 is 0. The van der Waals surface area contributed by atoms with E-state index in [1.54, 1.807) is 12.4 Å². The maximum Gasteiger partial charge on any atom is 0.219 e. The highest BCUT2D eigenvalue weighted by Crippen LogP contribution is 2.27. The van der Waals surface area contributed by atoms with E-state index in [0.29, 0.717) is 12.4 Å². The largest absolute Gasteiger partial charge is 0.438 e. The van der Waals surface area contributed by atoms with Crippen LogP contribution in [0.3, 0.4) is 0 Å². The molecule has 0 spiro atoms. The van der Waals surface area contributed by atoms with E-state index in [-0.39, 0.29) is 0 Å². The third-order valence-corrected chi connectivity index (χ3v) is 3.05. The number of nitrogens with zero attached hydrogens (tertiary/aromatic N) is 2. The van der Waals surface area contributed by atoms with E-state index < -0.39 is 0 Å². The molecule has 0 saturated carbocycles. The number of nitrogens with two attached hydrogens (primary N) is 1. The number of fused-ring (bicyclic) bond motifs is 1. The highest BCUT2D eigenvalue weighted by Gasteiger charge is 2.04. The van der Waals surface area contributed by atoms with Crippen LogP contribution < -0.4 is 10.5 Å². The van der Waals surface area contributed by atoms with Crippen LogP contribution in [-0.4, -0.2) is 16.5 Å². The van der Waals surface area contributed by atoms with Crippen molar-refractivity contribution < 1.29 is 4.74 Å². The zero-order valence-corrected chi connectivity index (χ0v) is 11.0. The number of hydrogen-bond donors (Lipinski definition) is 1. The smallest absolute Gasteiger partial charge is 0.219 e. The van der Waals surface area contributed by atoms with Crippen molar-refractivity contribution in [2.24, 2.45) is 5.73 Å². The topological polar surface area (TPSA) is 61.0 Å². The van der Waals surface area contributed by atoms with Gasteiger partial charge in [0.05, 0.1) is 5.52 Å². The monoisotopic (exact) mass is 265 g/mol.